The third-order valence-electron chi connectivity index (χ3n) is 3.25. The van der Waals surface area contributed by atoms with Crippen molar-refractivity contribution >= 4 is 11.7 Å². The summed E-state index contributed by atoms with van der Waals surface area (Å²) in [6.07, 6.45) is -2.89. The molecule has 0 saturated carbocycles. The summed E-state index contributed by atoms with van der Waals surface area (Å²) in [5.74, 6) is -0.233. The highest BCUT2D eigenvalue weighted by molar-refractivity contribution is 6.01. The molecule has 0 fully saturated rings. The zero-order valence-corrected chi connectivity index (χ0v) is 12.1. The van der Waals surface area contributed by atoms with Crippen molar-refractivity contribution < 1.29 is 18.4 Å². The number of halogens is 3. The van der Waals surface area contributed by atoms with Crippen LogP contribution in [-0.2, 0) is 6.18 Å². The Morgan fingerprint density at radius 3 is 2.57 bits per heavy atom. The highest BCUT2D eigenvalue weighted by Crippen LogP contribution is 2.31. The smallest absolute Gasteiger partial charge is 0.409 e. The fourth-order valence-electron chi connectivity index (χ4n) is 1.95. The quantitative estimate of drug-likeness (QED) is 0.380. The van der Waals surface area contributed by atoms with E-state index in [1.807, 2.05) is 13.8 Å². The molecule has 1 atom stereocenters. The van der Waals surface area contributed by atoms with Crippen molar-refractivity contribution in [2.75, 3.05) is 11.9 Å². The van der Waals surface area contributed by atoms with E-state index in [0.29, 0.717) is 0 Å². The predicted octanol–water partition coefficient (Wildman–Crippen LogP) is 2.82. The van der Waals surface area contributed by atoms with E-state index in [4.69, 9.17) is 10.9 Å². The van der Waals surface area contributed by atoms with E-state index < -0.39 is 11.9 Å². The fourth-order valence-corrected chi connectivity index (χ4v) is 1.95. The van der Waals surface area contributed by atoms with Gasteiger partial charge in [-0.05, 0) is 25.5 Å². The lowest BCUT2D eigenvalue weighted by molar-refractivity contribution is -0.141. The first-order valence-corrected chi connectivity index (χ1v) is 6.51. The predicted molar refractivity (Wildman–Crippen MR) is 74.5 cm³/mol. The molecule has 1 heterocycles. The van der Waals surface area contributed by atoms with Gasteiger partial charge in [0.2, 0.25) is 0 Å². The van der Waals surface area contributed by atoms with Crippen molar-refractivity contribution in [2.24, 2.45) is 10.9 Å². The number of hydrogen-bond acceptors (Lipinski definition) is 4. The number of anilines is 1. The summed E-state index contributed by atoms with van der Waals surface area (Å²) in [5.41, 5.74) is 4.67. The molecule has 5 nitrogen and oxygen atoms in total. The zero-order valence-electron chi connectivity index (χ0n) is 12.1. The van der Waals surface area contributed by atoms with Crippen molar-refractivity contribution in [3.05, 3.63) is 23.4 Å². The monoisotopic (exact) mass is 304 g/mol. The first-order chi connectivity index (χ1) is 9.72. The molecule has 0 bridgehead atoms. The van der Waals surface area contributed by atoms with E-state index >= 15 is 0 Å². The maximum Gasteiger partial charge on any atom is 0.433 e. The summed E-state index contributed by atoms with van der Waals surface area (Å²) >= 11 is 0. The van der Waals surface area contributed by atoms with Gasteiger partial charge in [-0.3, -0.25) is 0 Å². The molecule has 21 heavy (non-hydrogen) atoms. The van der Waals surface area contributed by atoms with Gasteiger partial charge in [-0.25, -0.2) is 4.98 Å². The molecule has 1 unspecified atom stereocenters. The molecule has 0 spiro atoms. The zero-order chi connectivity index (χ0) is 16.2. The van der Waals surface area contributed by atoms with Gasteiger partial charge in [0, 0.05) is 13.1 Å². The first kappa shape index (κ1) is 17.1. The molecule has 0 aliphatic carbocycles. The second-order valence-electron chi connectivity index (χ2n) is 4.80. The number of aromatic nitrogens is 1. The van der Waals surface area contributed by atoms with Crippen LogP contribution in [0.3, 0.4) is 0 Å². The highest BCUT2D eigenvalue weighted by atomic mass is 19.4. The minimum absolute atomic E-state index is 0.0313. The van der Waals surface area contributed by atoms with Crippen LogP contribution in [0.25, 0.3) is 0 Å². The summed E-state index contributed by atoms with van der Waals surface area (Å²) in [7, 11) is 1.64. The molecule has 0 radical (unpaired) electrons. The van der Waals surface area contributed by atoms with Crippen molar-refractivity contribution in [3.8, 4) is 0 Å². The largest absolute Gasteiger partial charge is 0.433 e. The minimum Gasteiger partial charge on any atom is -0.409 e. The standard InChI is InChI=1S/C13H19F3N4O/c1-4-5-8(2)20(3)12-9(11(17)19-21)6-7-10(18-12)13(14,15)16/h6-8,21H,4-5H2,1-3H3,(H2,17,19). The van der Waals surface area contributed by atoms with Crippen LogP contribution in [0, 0.1) is 0 Å². The summed E-state index contributed by atoms with van der Waals surface area (Å²) in [5, 5.41) is 11.6. The number of rotatable bonds is 5. The number of pyridine rings is 1. The Morgan fingerprint density at radius 2 is 2.10 bits per heavy atom. The van der Waals surface area contributed by atoms with Crippen LogP contribution < -0.4 is 10.6 Å². The molecule has 8 heteroatoms. The van der Waals surface area contributed by atoms with Crippen LogP contribution in [0.15, 0.2) is 17.3 Å². The van der Waals surface area contributed by atoms with Gasteiger partial charge >= 0.3 is 6.18 Å². The maximum absolute atomic E-state index is 12.8. The normalized spacial score (nSPS) is 14.1. The van der Waals surface area contributed by atoms with E-state index in [1.54, 1.807) is 11.9 Å². The third-order valence-corrected chi connectivity index (χ3v) is 3.25. The number of alkyl halides is 3. The van der Waals surface area contributed by atoms with E-state index in [9.17, 15) is 13.2 Å². The Bertz CT molecular complexity index is 517. The second-order valence-corrected chi connectivity index (χ2v) is 4.80. The van der Waals surface area contributed by atoms with E-state index in [-0.39, 0.29) is 23.3 Å². The van der Waals surface area contributed by atoms with Gasteiger partial charge in [0.25, 0.3) is 0 Å². The number of amidine groups is 1. The van der Waals surface area contributed by atoms with E-state index in [2.05, 4.69) is 10.1 Å². The summed E-state index contributed by atoms with van der Waals surface area (Å²) in [6.45, 7) is 3.86. The molecule has 1 aromatic heterocycles. The molecular formula is C13H19F3N4O. The van der Waals surface area contributed by atoms with Gasteiger partial charge in [0.15, 0.2) is 5.84 Å². The average molecular weight is 304 g/mol. The van der Waals surface area contributed by atoms with Crippen LogP contribution in [0.1, 0.15) is 37.9 Å². The Morgan fingerprint density at radius 1 is 1.48 bits per heavy atom. The van der Waals surface area contributed by atoms with Crippen LogP contribution in [0.2, 0.25) is 0 Å². The van der Waals surface area contributed by atoms with E-state index in [1.165, 1.54) is 0 Å². The third kappa shape index (κ3) is 3.99. The number of nitrogens with zero attached hydrogens (tertiary/aromatic N) is 3. The molecular weight excluding hydrogens is 285 g/mol. The van der Waals surface area contributed by atoms with Crippen LogP contribution in [0.4, 0.5) is 19.0 Å². The molecule has 0 aliphatic rings. The van der Waals surface area contributed by atoms with Crippen LogP contribution in [0.5, 0.6) is 0 Å². The van der Waals surface area contributed by atoms with Crippen molar-refractivity contribution in [1.29, 1.82) is 0 Å². The topological polar surface area (TPSA) is 74.7 Å². The average Bonchev–Trinajstić information content (AvgIpc) is 2.44. The maximum atomic E-state index is 12.8. The Kier molecular flexibility index (Phi) is 5.40. The number of oxime groups is 1. The Labute approximate surface area is 121 Å². The van der Waals surface area contributed by atoms with E-state index in [0.717, 1.165) is 25.0 Å². The van der Waals surface area contributed by atoms with Crippen molar-refractivity contribution in [1.82, 2.24) is 4.98 Å². The molecule has 0 aromatic carbocycles. The fraction of sp³-hybridized carbons (Fsp3) is 0.538. The molecule has 3 N–H and O–H groups in total. The van der Waals surface area contributed by atoms with Crippen molar-refractivity contribution in [2.45, 2.75) is 38.9 Å². The first-order valence-electron chi connectivity index (χ1n) is 6.51. The van der Waals surface area contributed by atoms with Gasteiger partial charge in [-0.2, -0.15) is 13.2 Å². The SMILES string of the molecule is CCCC(C)N(C)c1nc(C(F)(F)F)ccc1C(N)=NO. The molecule has 1 aromatic rings. The molecule has 0 amide bonds. The van der Waals surface area contributed by atoms with Gasteiger partial charge in [0.1, 0.15) is 11.5 Å². The lowest BCUT2D eigenvalue weighted by Crippen LogP contribution is -2.32. The highest BCUT2D eigenvalue weighted by Gasteiger charge is 2.34. The molecule has 0 aliphatic heterocycles. The summed E-state index contributed by atoms with van der Waals surface area (Å²) in [6, 6.07) is 1.95. The summed E-state index contributed by atoms with van der Waals surface area (Å²) < 4.78 is 38.4. The molecule has 0 saturated heterocycles. The Hall–Kier alpha value is -1.99. The van der Waals surface area contributed by atoms with Gasteiger partial charge in [0.05, 0.1) is 5.56 Å². The molecule has 118 valence electrons. The van der Waals surface area contributed by atoms with Gasteiger partial charge < -0.3 is 15.8 Å². The van der Waals surface area contributed by atoms with Crippen LogP contribution >= 0.6 is 0 Å². The number of nitrogens with two attached hydrogens (primary N) is 1. The van der Waals surface area contributed by atoms with Gasteiger partial charge in [-0.15, -0.1) is 0 Å². The minimum atomic E-state index is -4.55. The summed E-state index contributed by atoms with van der Waals surface area (Å²) in [4.78, 5) is 5.25. The van der Waals surface area contributed by atoms with Gasteiger partial charge in [-0.1, -0.05) is 18.5 Å². The van der Waals surface area contributed by atoms with Crippen LogP contribution in [-0.4, -0.2) is 29.1 Å². The Balaban J connectivity index is 3.35. The van der Waals surface area contributed by atoms with Crippen molar-refractivity contribution in [3.63, 3.8) is 0 Å². The lowest BCUT2D eigenvalue weighted by Gasteiger charge is -2.28. The number of hydrogen-bond donors (Lipinski definition) is 2. The lowest BCUT2D eigenvalue weighted by atomic mass is 10.1. The second kappa shape index (κ2) is 6.64. The molecule has 1 rings (SSSR count).